The van der Waals surface area contributed by atoms with Gasteiger partial charge in [0.2, 0.25) is 0 Å². The van der Waals surface area contributed by atoms with E-state index in [4.69, 9.17) is 9.72 Å². The number of hydrogen-bond donors (Lipinski definition) is 0. The maximum atomic E-state index is 13.7. The molecule has 2 amide bonds. The van der Waals surface area contributed by atoms with Crippen molar-refractivity contribution in [3.8, 4) is 28.3 Å². The Kier molecular flexibility index (Phi) is 8.05. The Morgan fingerprint density at radius 2 is 1.15 bits per heavy atom. The fraction of sp³-hybridized carbons (Fsp3) is 0.265. The minimum Gasteiger partial charge on any atom is -0.410 e. The lowest BCUT2D eigenvalue weighted by Crippen LogP contribution is -2.55. The van der Waals surface area contributed by atoms with E-state index in [2.05, 4.69) is 4.90 Å². The van der Waals surface area contributed by atoms with Crippen LogP contribution in [0.4, 0.5) is 4.79 Å². The number of ether oxygens (including phenoxy) is 1. The number of amides is 2. The summed E-state index contributed by atoms with van der Waals surface area (Å²) < 4.78 is 5.51. The molecule has 0 unspecified atom stereocenters. The molecule has 3 heterocycles. The van der Waals surface area contributed by atoms with Gasteiger partial charge in [-0.2, -0.15) is 0 Å². The number of pyridine rings is 1. The van der Waals surface area contributed by atoms with E-state index >= 15 is 0 Å². The first kappa shape index (κ1) is 26.7. The quantitative estimate of drug-likeness (QED) is 0.315. The third-order valence-electron chi connectivity index (χ3n) is 8.00. The van der Waals surface area contributed by atoms with Crippen LogP contribution in [0.5, 0.6) is 5.75 Å². The summed E-state index contributed by atoms with van der Waals surface area (Å²) in [4.78, 5) is 37.4. The number of para-hydroxylation sites is 1. The number of nitrogens with zero attached hydrogens (tertiary/aromatic N) is 4. The Balaban J connectivity index is 1.08. The lowest BCUT2D eigenvalue weighted by atomic mass is 10.0. The molecule has 4 aromatic rings. The first-order valence-electron chi connectivity index (χ1n) is 14.3. The smallest absolute Gasteiger partial charge is 0.410 e. The first-order chi connectivity index (χ1) is 20.1. The van der Waals surface area contributed by atoms with E-state index in [-0.39, 0.29) is 12.0 Å². The molecule has 2 aliphatic heterocycles. The van der Waals surface area contributed by atoms with E-state index in [1.54, 1.807) is 17.0 Å². The van der Waals surface area contributed by atoms with Gasteiger partial charge in [0.25, 0.3) is 5.91 Å². The Morgan fingerprint density at radius 3 is 1.68 bits per heavy atom. The predicted octanol–water partition coefficient (Wildman–Crippen LogP) is 5.84. The highest BCUT2D eigenvalue weighted by molar-refractivity contribution is 5.96. The summed E-state index contributed by atoms with van der Waals surface area (Å²) in [6.07, 6.45) is 1.53. The van der Waals surface area contributed by atoms with Crippen molar-refractivity contribution in [2.75, 3.05) is 39.3 Å². The number of aromatic nitrogens is 1. The molecule has 1 aromatic heterocycles. The third kappa shape index (κ3) is 6.31. The van der Waals surface area contributed by atoms with Gasteiger partial charge in [-0.1, -0.05) is 78.9 Å². The number of piperazine rings is 1. The zero-order valence-electron chi connectivity index (χ0n) is 23.1. The van der Waals surface area contributed by atoms with Crippen LogP contribution in [0, 0.1) is 0 Å². The fourth-order valence-electron chi connectivity index (χ4n) is 5.71. The van der Waals surface area contributed by atoms with E-state index in [0.29, 0.717) is 43.5 Å². The normalized spacial score (nSPS) is 16.4. The second-order valence-corrected chi connectivity index (χ2v) is 10.6. The fourth-order valence-corrected chi connectivity index (χ4v) is 5.71. The SMILES string of the molecule is O=C(Oc1ccccc1)N1CCC(N2CCN(C(=O)c3cc(-c4ccccc4)nc(-c4ccccc4)c3)CC2)CC1. The predicted molar refractivity (Wildman–Crippen MR) is 160 cm³/mol. The average molecular weight is 547 g/mol. The minimum atomic E-state index is -0.285. The molecule has 0 aliphatic carbocycles. The molecule has 0 radical (unpaired) electrons. The number of carbonyl (C=O) groups excluding carboxylic acids is 2. The van der Waals surface area contributed by atoms with Crippen LogP contribution < -0.4 is 4.74 Å². The van der Waals surface area contributed by atoms with Crippen LogP contribution in [0.15, 0.2) is 103 Å². The topological polar surface area (TPSA) is 66.0 Å². The van der Waals surface area contributed by atoms with Crippen molar-refractivity contribution in [3.63, 3.8) is 0 Å². The Morgan fingerprint density at radius 1 is 0.634 bits per heavy atom. The van der Waals surface area contributed by atoms with Gasteiger partial charge in [-0.05, 0) is 37.1 Å². The molecule has 0 spiro atoms. The van der Waals surface area contributed by atoms with Crippen LogP contribution in [0.25, 0.3) is 22.5 Å². The molecule has 3 aromatic carbocycles. The molecular weight excluding hydrogens is 512 g/mol. The zero-order valence-corrected chi connectivity index (χ0v) is 23.1. The van der Waals surface area contributed by atoms with Gasteiger partial charge >= 0.3 is 6.09 Å². The third-order valence-corrected chi connectivity index (χ3v) is 8.00. The number of carbonyl (C=O) groups is 2. The lowest BCUT2D eigenvalue weighted by Gasteiger charge is -2.42. The largest absolute Gasteiger partial charge is 0.415 e. The number of rotatable bonds is 5. The summed E-state index contributed by atoms with van der Waals surface area (Å²) in [5, 5.41) is 0. The summed E-state index contributed by atoms with van der Waals surface area (Å²) in [5.74, 6) is 0.612. The van der Waals surface area contributed by atoms with Crippen molar-refractivity contribution in [2.24, 2.45) is 0 Å². The molecule has 2 saturated heterocycles. The van der Waals surface area contributed by atoms with Crippen molar-refractivity contribution in [2.45, 2.75) is 18.9 Å². The zero-order chi connectivity index (χ0) is 28.0. The summed E-state index contributed by atoms with van der Waals surface area (Å²) >= 11 is 0. The van der Waals surface area contributed by atoms with Crippen molar-refractivity contribution in [1.82, 2.24) is 19.7 Å². The molecule has 0 N–H and O–H groups in total. The molecule has 7 heteroatoms. The van der Waals surface area contributed by atoms with Crippen molar-refractivity contribution < 1.29 is 14.3 Å². The van der Waals surface area contributed by atoms with Crippen molar-refractivity contribution in [1.29, 1.82) is 0 Å². The van der Waals surface area contributed by atoms with Crippen LogP contribution in [-0.4, -0.2) is 77.0 Å². The maximum Gasteiger partial charge on any atom is 0.415 e. The second kappa shape index (κ2) is 12.4. The van der Waals surface area contributed by atoms with Crippen LogP contribution in [0.1, 0.15) is 23.2 Å². The van der Waals surface area contributed by atoms with Gasteiger partial charge in [-0.3, -0.25) is 9.69 Å². The molecule has 0 saturated carbocycles. The van der Waals surface area contributed by atoms with Crippen LogP contribution in [-0.2, 0) is 0 Å². The number of likely N-dealkylation sites (tertiary alicyclic amines) is 1. The summed E-state index contributed by atoms with van der Waals surface area (Å²) in [5.41, 5.74) is 4.24. The van der Waals surface area contributed by atoms with E-state index in [0.717, 1.165) is 48.4 Å². The number of hydrogen-bond acceptors (Lipinski definition) is 5. The lowest BCUT2D eigenvalue weighted by molar-refractivity contribution is 0.0457. The Labute approximate surface area is 241 Å². The van der Waals surface area contributed by atoms with Crippen molar-refractivity contribution in [3.05, 3.63) is 109 Å². The standard InChI is InChI=1S/C34H34N4O3/c39-33(28-24-31(26-10-4-1-5-11-26)35-32(25-28)27-12-6-2-7-13-27)37-22-20-36(21-23-37)29-16-18-38(19-17-29)34(40)41-30-14-8-3-9-15-30/h1-15,24-25,29H,16-23H2. The summed E-state index contributed by atoms with van der Waals surface area (Å²) in [7, 11) is 0. The van der Waals surface area contributed by atoms with Crippen LogP contribution >= 0.6 is 0 Å². The number of piperidine rings is 1. The minimum absolute atomic E-state index is 0.0416. The second-order valence-electron chi connectivity index (χ2n) is 10.6. The van der Waals surface area contributed by atoms with E-state index < -0.39 is 0 Å². The maximum absolute atomic E-state index is 13.7. The monoisotopic (exact) mass is 546 g/mol. The number of benzene rings is 3. The molecular formula is C34H34N4O3. The van der Waals surface area contributed by atoms with Gasteiger partial charge in [0.05, 0.1) is 11.4 Å². The van der Waals surface area contributed by atoms with Crippen LogP contribution in [0.2, 0.25) is 0 Å². The molecule has 41 heavy (non-hydrogen) atoms. The van der Waals surface area contributed by atoms with E-state index in [9.17, 15) is 9.59 Å². The molecule has 6 rings (SSSR count). The molecule has 208 valence electrons. The molecule has 2 aliphatic rings. The molecule has 0 atom stereocenters. The van der Waals surface area contributed by atoms with Crippen molar-refractivity contribution >= 4 is 12.0 Å². The van der Waals surface area contributed by atoms with Gasteiger partial charge < -0.3 is 14.5 Å². The molecule has 7 nitrogen and oxygen atoms in total. The van der Waals surface area contributed by atoms with Gasteiger partial charge in [-0.15, -0.1) is 0 Å². The summed E-state index contributed by atoms with van der Waals surface area (Å²) in [6.45, 7) is 4.37. The highest BCUT2D eigenvalue weighted by atomic mass is 16.6. The van der Waals surface area contributed by atoms with Gasteiger partial charge in [0.15, 0.2) is 0 Å². The van der Waals surface area contributed by atoms with E-state index in [1.807, 2.05) is 95.9 Å². The Bertz CT molecular complexity index is 1410. The van der Waals surface area contributed by atoms with E-state index in [1.165, 1.54) is 0 Å². The molecule has 0 bridgehead atoms. The van der Waals surface area contributed by atoms with Gasteiger partial charge in [-0.25, -0.2) is 9.78 Å². The Hall–Kier alpha value is -4.49. The first-order valence-corrected chi connectivity index (χ1v) is 14.3. The van der Waals surface area contributed by atoms with Crippen LogP contribution in [0.3, 0.4) is 0 Å². The van der Waals surface area contributed by atoms with Gasteiger partial charge in [0.1, 0.15) is 5.75 Å². The van der Waals surface area contributed by atoms with Gasteiger partial charge in [0, 0.05) is 62.0 Å². The average Bonchev–Trinajstić information content (AvgIpc) is 3.05. The summed E-state index contributed by atoms with van der Waals surface area (Å²) in [6, 6.07) is 33.5. The highest BCUT2D eigenvalue weighted by Crippen LogP contribution is 2.26. The molecule has 2 fully saturated rings. The highest BCUT2D eigenvalue weighted by Gasteiger charge is 2.31.